The van der Waals surface area contributed by atoms with Gasteiger partial charge in [-0.15, -0.1) is 0 Å². The normalized spacial score (nSPS) is 13.5. The van der Waals surface area contributed by atoms with Crippen molar-refractivity contribution in [1.82, 2.24) is 45.7 Å². The van der Waals surface area contributed by atoms with E-state index < -0.39 is 6.98 Å². The van der Waals surface area contributed by atoms with Crippen molar-refractivity contribution in [1.29, 1.82) is 0 Å². The molecule has 15 aromatic heterocycles. The van der Waals surface area contributed by atoms with Gasteiger partial charge in [-0.05, 0) is 103 Å². The molecular weight excluding hydrogens is 1290 g/mol. The summed E-state index contributed by atoms with van der Waals surface area (Å²) < 4.78 is 59.8. The zero-order valence-corrected chi connectivity index (χ0v) is 56.6. The molecule has 6 aromatic carbocycles. The van der Waals surface area contributed by atoms with E-state index in [0.717, 1.165) is 82.4 Å². The predicted molar refractivity (Wildman–Crippen MR) is 401 cm³/mol. The van der Waals surface area contributed by atoms with Crippen LogP contribution in [0.25, 0.3) is 145 Å². The minimum atomic E-state index is -2.28. The van der Waals surface area contributed by atoms with E-state index in [-0.39, 0.29) is 0 Å². The fourth-order valence-corrected chi connectivity index (χ4v) is 18.1. The standard InChI is InChI=1S/C22H16N3.2C16H13N4.C16H11N2O.C16H11N2S/c1-2-9-17(10-3-1)25-21-19-12-6-7-13-23(19)15-20(21)24-14-16-8-4-5-11-18(16)22(24)25;2*1-18-15-12-7-3-2-6-11(12)10-20(15)14-16(18)19-9-5-4-8-13(19)17-14;2*1-2-6-12-11(5-1)9-18-14-10-17-8-4-3-7-13(17)15(14)19-16(12)18/h1-13,15H,14H2;2*2-9H,10H2,1H3;2*1-8,10H,9H2/q5*+1/i;1D3;;;. The van der Waals surface area contributed by atoms with Crippen molar-refractivity contribution in [2.24, 2.45) is 14.0 Å². The number of para-hydroxylation sites is 1. The highest BCUT2D eigenvalue weighted by Gasteiger charge is 2.40. The summed E-state index contributed by atoms with van der Waals surface area (Å²) in [6, 6.07) is 83.8. The third-order valence-electron chi connectivity index (χ3n) is 21.3. The maximum Gasteiger partial charge on any atom is 0.382 e. The summed E-state index contributed by atoms with van der Waals surface area (Å²) in [7, 11) is 2.12. The highest BCUT2D eigenvalue weighted by atomic mass is 32.1. The van der Waals surface area contributed by atoms with Gasteiger partial charge in [-0.25, -0.2) is 31.6 Å². The van der Waals surface area contributed by atoms with Gasteiger partial charge in [0.25, 0.3) is 38.9 Å². The van der Waals surface area contributed by atoms with Crippen LogP contribution in [0, 0.1) is 0 Å². The number of aryl methyl sites for hydroxylation is 2. The molecule has 21 aromatic rings. The molecule has 17 heteroatoms. The molecule has 5 aliphatic heterocycles. The van der Waals surface area contributed by atoms with E-state index in [2.05, 4.69) is 276 Å². The monoisotopic (exact) mass is 1360 g/mol. The Bertz CT molecular complexity index is 7070. The Labute approximate surface area is 596 Å². The summed E-state index contributed by atoms with van der Waals surface area (Å²) in [4.78, 5) is 9.45. The number of hydrogen-bond acceptors (Lipinski definition) is 4. The number of thiazole rings is 1. The third-order valence-corrected chi connectivity index (χ3v) is 22.6. The van der Waals surface area contributed by atoms with Gasteiger partial charge in [-0.2, -0.15) is 23.7 Å². The highest BCUT2D eigenvalue weighted by Crippen LogP contribution is 2.41. The molecule has 0 aliphatic carbocycles. The van der Waals surface area contributed by atoms with E-state index in [4.69, 9.17) is 13.5 Å². The fraction of sp³-hybridized carbons (Fsp3) is 0.0814. The summed E-state index contributed by atoms with van der Waals surface area (Å²) in [5.74, 6) is 4.21. The Morgan fingerprint density at radius 1 is 0.408 bits per heavy atom. The van der Waals surface area contributed by atoms with Gasteiger partial charge in [-0.3, -0.25) is 0 Å². The topological polar surface area (TPSA) is 95.2 Å². The van der Waals surface area contributed by atoms with Gasteiger partial charge in [0.2, 0.25) is 28.3 Å². The van der Waals surface area contributed by atoms with Crippen molar-refractivity contribution in [3.05, 3.63) is 320 Å². The van der Waals surface area contributed by atoms with Crippen LogP contribution >= 0.6 is 11.3 Å². The molecule has 0 unspecified atom stereocenters. The summed E-state index contributed by atoms with van der Waals surface area (Å²) in [5.41, 5.74) is 29.1. The number of rotatable bonds is 1. The molecule has 0 atom stereocenters. The molecule has 20 heterocycles. The van der Waals surface area contributed by atoms with Crippen LogP contribution < -0.4 is 22.8 Å². The number of oxazole rings is 1. The molecule has 490 valence electrons. The molecule has 16 nitrogen and oxygen atoms in total. The molecule has 0 bridgehead atoms. The second kappa shape index (κ2) is 22.1. The molecule has 0 N–H and O–H groups in total. The minimum absolute atomic E-state index is 0.616. The van der Waals surface area contributed by atoms with Gasteiger partial charge >= 0.3 is 5.89 Å². The zero-order valence-electron chi connectivity index (χ0n) is 58.8. The number of fused-ring (bicyclic) bond motifs is 35. The number of pyridine rings is 5. The number of benzene rings is 6. The van der Waals surface area contributed by atoms with Crippen molar-refractivity contribution in [3.63, 3.8) is 0 Å². The number of nitrogens with zero attached hydrogens (tertiary/aromatic N) is 15. The van der Waals surface area contributed by atoms with Gasteiger partial charge in [0.1, 0.15) is 16.9 Å². The first-order valence-electron chi connectivity index (χ1n) is 36.3. The molecular formula is C86H64N15OS+5. The lowest BCUT2D eigenvalue weighted by Crippen LogP contribution is -2.31. The molecule has 0 amide bonds. The van der Waals surface area contributed by atoms with E-state index >= 15 is 0 Å². The van der Waals surface area contributed by atoms with Crippen molar-refractivity contribution in [2.75, 3.05) is 0 Å². The van der Waals surface area contributed by atoms with Gasteiger partial charge in [0.05, 0.1) is 107 Å². The van der Waals surface area contributed by atoms with Gasteiger partial charge in [-0.1, -0.05) is 151 Å². The highest BCUT2D eigenvalue weighted by molar-refractivity contribution is 7.22. The first-order valence-corrected chi connectivity index (χ1v) is 35.6. The lowest BCUT2D eigenvalue weighted by atomic mass is 10.1. The lowest BCUT2D eigenvalue weighted by molar-refractivity contribution is -0.649. The van der Waals surface area contributed by atoms with E-state index in [9.17, 15) is 0 Å². The first-order chi connectivity index (χ1) is 52.1. The molecule has 0 radical (unpaired) electrons. The summed E-state index contributed by atoms with van der Waals surface area (Å²) in [6.45, 7) is 2.11. The molecule has 26 rings (SSSR count). The zero-order chi connectivity index (χ0) is 70.2. The van der Waals surface area contributed by atoms with Crippen LogP contribution in [-0.4, -0.2) is 45.7 Å². The first kappa shape index (κ1) is 54.6. The smallest absolute Gasteiger partial charge is 0.382 e. The Kier molecular flexibility index (Phi) is 11.7. The van der Waals surface area contributed by atoms with Crippen molar-refractivity contribution in [2.45, 2.75) is 32.7 Å². The summed E-state index contributed by atoms with van der Waals surface area (Å²) >= 11 is 1.91. The number of hydrogen-bond donors (Lipinski definition) is 0. The Hall–Kier alpha value is -13.3. The SMILES string of the molecule is C[n+]1c2n(c3nc4ccccn4c31)Cc1ccccc1-2.[2H]C([2H])([2H])[n+]1c2n(c3nc4ccccn4c31)Cc1ccccc1-2.c1ccc(-n2c3[n+](c4cn5ccccc5c42)Cc2ccccc2-3)cc1.c1ccc2c(c1)C[n+]1c-2oc2c3ccccn3cc21.c1ccc2c(c1)C[n+]1c-2sc2c3ccccn3cc21. The molecule has 5 aliphatic rings. The largest absolute Gasteiger partial charge is 0.395 e. The van der Waals surface area contributed by atoms with Gasteiger partial charge < -0.3 is 17.6 Å². The molecule has 0 fully saturated rings. The van der Waals surface area contributed by atoms with Crippen LogP contribution in [0.3, 0.4) is 0 Å². The van der Waals surface area contributed by atoms with E-state index in [1.54, 1.807) is 0 Å². The van der Waals surface area contributed by atoms with E-state index in [1.807, 2.05) is 93.2 Å². The lowest BCUT2D eigenvalue weighted by Gasteiger charge is -2.02. The van der Waals surface area contributed by atoms with Crippen LogP contribution in [0.15, 0.2) is 297 Å². The molecule has 0 spiro atoms. The minimum Gasteiger partial charge on any atom is -0.395 e. The summed E-state index contributed by atoms with van der Waals surface area (Å²) in [6.07, 6.45) is 16.9. The summed E-state index contributed by atoms with van der Waals surface area (Å²) in [5, 5.41) is 1.40. The van der Waals surface area contributed by atoms with Crippen molar-refractivity contribution < 1.29 is 31.4 Å². The third kappa shape index (κ3) is 8.47. The van der Waals surface area contributed by atoms with Crippen LogP contribution in [0.5, 0.6) is 0 Å². The quantitative estimate of drug-likeness (QED) is 0.153. The maximum absolute atomic E-state index is 8.04. The van der Waals surface area contributed by atoms with Crippen molar-refractivity contribution >= 4 is 94.1 Å². The average Bonchev–Trinajstić information content (AvgIpc) is 1.55. The van der Waals surface area contributed by atoms with Crippen LogP contribution in [0.2, 0.25) is 0 Å². The van der Waals surface area contributed by atoms with Crippen LogP contribution in [0.1, 0.15) is 31.9 Å². The number of aromatic nitrogens is 15. The van der Waals surface area contributed by atoms with Crippen LogP contribution in [-0.2, 0) is 46.7 Å². The van der Waals surface area contributed by atoms with Gasteiger partial charge in [0, 0.05) is 46.4 Å². The van der Waals surface area contributed by atoms with E-state index in [1.165, 1.54) is 104 Å². The fourth-order valence-electron chi connectivity index (χ4n) is 16.7. The molecule has 103 heavy (non-hydrogen) atoms. The maximum atomic E-state index is 8.04. The second-order valence-electron chi connectivity index (χ2n) is 27.0. The second-order valence-corrected chi connectivity index (χ2v) is 28.0. The number of imidazole rings is 5. The Morgan fingerprint density at radius 3 is 1.53 bits per heavy atom. The molecule has 0 saturated heterocycles. The van der Waals surface area contributed by atoms with Crippen LogP contribution in [0.4, 0.5) is 0 Å². The predicted octanol–water partition coefficient (Wildman–Crippen LogP) is 15.0. The Morgan fingerprint density at radius 2 is 0.874 bits per heavy atom. The van der Waals surface area contributed by atoms with Crippen molar-refractivity contribution in [3.8, 4) is 61.9 Å². The average molecular weight is 1360 g/mol. The Balaban J connectivity index is 0.0000000830. The van der Waals surface area contributed by atoms with E-state index in [0.29, 0.717) is 23.7 Å². The van der Waals surface area contributed by atoms with Gasteiger partial charge in [0.15, 0.2) is 29.9 Å². The molecule has 0 saturated carbocycles.